The van der Waals surface area contributed by atoms with Crippen molar-refractivity contribution in [3.8, 4) is 10.8 Å². The molecular weight excluding hydrogens is 248 g/mol. The first kappa shape index (κ1) is 11.6. The fourth-order valence-electron chi connectivity index (χ4n) is 1.99. The highest BCUT2D eigenvalue weighted by molar-refractivity contribution is 7.13. The summed E-state index contributed by atoms with van der Waals surface area (Å²) in [6, 6.07) is 0. The van der Waals surface area contributed by atoms with Crippen LogP contribution in [0.1, 0.15) is 17.0 Å². The molecular formula is C12H14N4OS. The SMILES string of the molecule is CNc1nc(-c2nc(C)cs2)nc2c1COCC2. The second-order valence-corrected chi connectivity index (χ2v) is 5.03. The second-order valence-electron chi connectivity index (χ2n) is 4.17. The minimum absolute atomic E-state index is 0.586. The Morgan fingerprint density at radius 3 is 2.94 bits per heavy atom. The van der Waals surface area contributed by atoms with Crippen LogP contribution in [0.15, 0.2) is 5.38 Å². The maximum Gasteiger partial charge on any atom is 0.190 e. The number of thiazole rings is 1. The first-order valence-corrected chi connectivity index (χ1v) is 6.73. The number of aromatic nitrogens is 3. The molecule has 5 nitrogen and oxygen atoms in total. The third kappa shape index (κ3) is 1.97. The molecule has 3 heterocycles. The van der Waals surface area contributed by atoms with Gasteiger partial charge in [0.05, 0.1) is 18.9 Å². The molecule has 18 heavy (non-hydrogen) atoms. The van der Waals surface area contributed by atoms with Crippen LogP contribution in [0.5, 0.6) is 0 Å². The molecule has 0 fully saturated rings. The van der Waals surface area contributed by atoms with E-state index in [2.05, 4.69) is 20.3 Å². The topological polar surface area (TPSA) is 59.9 Å². The molecule has 1 aliphatic rings. The third-order valence-corrected chi connectivity index (χ3v) is 3.83. The molecule has 0 spiro atoms. The van der Waals surface area contributed by atoms with Gasteiger partial charge in [0.25, 0.3) is 0 Å². The van der Waals surface area contributed by atoms with Crippen LogP contribution in [0.25, 0.3) is 10.8 Å². The smallest absolute Gasteiger partial charge is 0.190 e. The van der Waals surface area contributed by atoms with Gasteiger partial charge in [0.15, 0.2) is 10.8 Å². The summed E-state index contributed by atoms with van der Waals surface area (Å²) < 4.78 is 5.46. The number of ether oxygens (including phenoxy) is 1. The fourth-order valence-corrected chi connectivity index (χ4v) is 2.72. The lowest BCUT2D eigenvalue weighted by atomic mass is 10.1. The van der Waals surface area contributed by atoms with Gasteiger partial charge >= 0.3 is 0 Å². The van der Waals surface area contributed by atoms with Gasteiger partial charge in [-0.3, -0.25) is 0 Å². The Morgan fingerprint density at radius 2 is 2.22 bits per heavy atom. The van der Waals surface area contributed by atoms with Gasteiger partial charge in [-0.25, -0.2) is 15.0 Å². The standard InChI is InChI=1S/C12H14N4OS/c1-7-6-18-12(14-7)11-15-9-3-4-17-5-8(9)10(13-2)16-11/h6H,3-5H2,1-2H3,(H,13,15,16). The van der Waals surface area contributed by atoms with Crippen molar-refractivity contribution in [2.75, 3.05) is 19.0 Å². The van der Waals surface area contributed by atoms with Gasteiger partial charge in [-0.1, -0.05) is 0 Å². The Kier molecular flexibility index (Phi) is 2.97. The first-order valence-electron chi connectivity index (χ1n) is 5.85. The van der Waals surface area contributed by atoms with E-state index in [1.807, 2.05) is 19.4 Å². The quantitative estimate of drug-likeness (QED) is 0.897. The van der Waals surface area contributed by atoms with Gasteiger partial charge < -0.3 is 10.1 Å². The predicted octanol–water partition coefficient (Wildman–Crippen LogP) is 2.02. The van der Waals surface area contributed by atoms with E-state index in [1.165, 1.54) is 0 Å². The van der Waals surface area contributed by atoms with Crippen LogP contribution in [0.4, 0.5) is 5.82 Å². The summed E-state index contributed by atoms with van der Waals surface area (Å²) >= 11 is 1.58. The maximum absolute atomic E-state index is 5.46. The molecule has 0 saturated heterocycles. The first-order chi connectivity index (χ1) is 8.78. The van der Waals surface area contributed by atoms with Gasteiger partial charge in [0.2, 0.25) is 0 Å². The Bertz CT molecular complexity index is 564. The minimum atomic E-state index is 0.586. The maximum atomic E-state index is 5.46. The molecule has 94 valence electrons. The lowest BCUT2D eigenvalue weighted by molar-refractivity contribution is 0.109. The molecule has 0 atom stereocenters. The van der Waals surface area contributed by atoms with E-state index in [0.717, 1.165) is 40.8 Å². The average molecular weight is 262 g/mol. The summed E-state index contributed by atoms with van der Waals surface area (Å²) in [7, 11) is 1.87. The molecule has 0 saturated carbocycles. The number of aryl methyl sites for hydroxylation is 1. The van der Waals surface area contributed by atoms with Crippen molar-refractivity contribution in [2.45, 2.75) is 20.0 Å². The van der Waals surface area contributed by atoms with E-state index in [4.69, 9.17) is 4.74 Å². The number of fused-ring (bicyclic) bond motifs is 1. The molecule has 0 aliphatic carbocycles. The molecule has 0 aromatic carbocycles. The molecule has 3 rings (SSSR count). The van der Waals surface area contributed by atoms with Crippen LogP contribution in [0, 0.1) is 6.92 Å². The highest BCUT2D eigenvalue weighted by Crippen LogP contribution is 2.27. The molecule has 0 unspecified atom stereocenters. The molecule has 0 bridgehead atoms. The largest absolute Gasteiger partial charge is 0.376 e. The molecule has 0 radical (unpaired) electrons. The Balaban J connectivity index is 2.11. The number of nitrogens with one attached hydrogen (secondary N) is 1. The van der Waals surface area contributed by atoms with Crippen molar-refractivity contribution in [2.24, 2.45) is 0 Å². The number of hydrogen-bond acceptors (Lipinski definition) is 6. The van der Waals surface area contributed by atoms with Gasteiger partial charge in [0.1, 0.15) is 5.82 Å². The Hall–Kier alpha value is -1.53. The van der Waals surface area contributed by atoms with E-state index < -0.39 is 0 Å². The van der Waals surface area contributed by atoms with Gasteiger partial charge in [0, 0.05) is 30.1 Å². The van der Waals surface area contributed by atoms with Crippen LogP contribution >= 0.6 is 11.3 Å². The van der Waals surface area contributed by atoms with E-state index in [-0.39, 0.29) is 0 Å². The van der Waals surface area contributed by atoms with Crippen molar-refractivity contribution in [1.29, 1.82) is 0 Å². The number of anilines is 1. The molecule has 6 heteroatoms. The second kappa shape index (κ2) is 4.62. The Morgan fingerprint density at radius 1 is 1.33 bits per heavy atom. The molecule has 1 N–H and O–H groups in total. The van der Waals surface area contributed by atoms with Crippen LogP contribution < -0.4 is 5.32 Å². The van der Waals surface area contributed by atoms with Gasteiger partial charge in [-0.2, -0.15) is 0 Å². The van der Waals surface area contributed by atoms with Gasteiger partial charge in [-0.15, -0.1) is 11.3 Å². The van der Waals surface area contributed by atoms with Crippen LogP contribution in [0.2, 0.25) is 0 Å². The highest BCUT2D eigenvalue weighted by atomic mass is 32.1. The number of nitrogens with zero attached hydrogens (tertiary/aromatic N) is 3. The normalized spacial score (nSPS) is 14.3. The van der Waals surface area contributed by atoms with Crippen LogP contribution in [-0.2, 0) is 17.8 Å². The van der Waals surface area contributed by atoms with Crippen LogP contribution in [-0.4, -0.2) is 28.6 Å². The minimum Gasteiger partial charge on any atom is -0.376 e. The predicted molar refractivity (Wildman–Crippen MR) is 70.8 cm³/mol. The van der Waals surface area contributed by atoms with Crippen molar-refractivity contribution in [3.63, 3.8) is 0 Å². The number of rotatable bonds is 2. The van der Waals surface area contributed by atoms with E-state index in [0.29, 0.717) is 12.4 Å². The van der Waals surface area contributed by atoms with E-state index in [9.17, 15) is 0 Å². The monoisotopic (exact) mass is 262 g/mol. The summed E-state index contributed by atoms with van der Waals surface area (Å²) in [4.78, 5) is 13.6. The molecule has 2 aromatic heterocycles. The van der Waals surface area contributed by atoms with Crippen LogP contribution in [0.3, 0.4) is 0 Å². The summed E-state index contributed by atoms with van der Waals surface area (Å²) in [5.41, 5.74) is 3.15. The number of hydrogen-bond donors (Lipinski definition) is 1. The summed E-state index contributed by atoms with van der Waals surface area (Å²) in [6.07, 6.45) is 0.837. The molecule has 0 amide bonds. The summed E-state index contributed by atoms with van der Waals surface area (Å²) in [5, 5.41) is 6.01. The fraction of sp³-hybridized carbons (Fsp3) is 0.417. The average Bonchev–Trinajstić information content (AvgIpc) is 2.84. The zero-order valence-corrected chi connectivity index (χ0v) is 11.2. The van der Waals surface area contributed by atoms with E-state index >= 15 is 0 Å². The van der Waals surface area contributed by atoms with Gasteiger partial charge in [-0.05, 0) is 6.92 Å². The highest BCUT2D eigenvalue weighted by Gasteiger charge is 2.19. The zero-order valence-electron chi connectivity index (χ0n) is 10.4. The third-order valence-electron chi connectivity index (χ3n) is 2.87. The Labute approximate surface area is 109 Å². The van der Waals surface area contributed by atoms with Crippen molar-refractivity contribution in [1.82, 2.24) is 15.0 Å². The lowest BCUT2D eigenvalue weighted by Gasteiger charge is -2.18. The van der Waals surface area contributed by atoms with E-state index in [1.54, 1.807) is 11.3 Å². The van der Waals surface area contributed by atoms with Crippen molar-refractivity contribution < 1.29 is 4.74 Å². The van der Waals surface area contributed by atoms with Crippen molar-refractivity contribution in [3.05, 3.63) is 22.3 Å². The summed E-state index contributed by atoms with van der Waals surface area (Å²) in [5.74, 6) is 1.56. The molecule has 1 aliphatic heterocycles. The van der Waals surface area contributed by atoms with Crippen molar-refractivity contribution >= 4 is 17.2 Å². The molecule has 2 aromatic rings. The summed E-state index contributed by atoms with van der Waals surface area (Å²) in [6.45, 7) is 3.29. The zero-order chi connectivity index (χ0) is 12.5. The lowest BCUT2D eigenvalue weighted by Crippen LogP contribution is -2.16.